The molecule has 1 aliphatic rings. The third kappa shape index (κ3) is 2.91. The predicted octanol–water partition coefficient (Wildman–Crippen LogP) is 2.02. The maximum Gasteiger partial charge on any atom is 0.227 e. The molecule has 0 bridgehead atoms. The third-order valence-electron chi connectivity index (χ3n) is 3.87. The van der Waals surface area contributed by atoms with E-state index in [0.29, 0.717) is 12.6 Å². The summed E-state index contributed by atoms with van der Waals surface area (Å²) < 4.78 is 1.74. The van der Waals surface area contributed by atoms with Crippen LogP contribution in [0.4, 0.5) is 5.69 Å². The number of anilines is 1. The molecule has 0 radical (unpaired) electrons. The van der Waals surface area contributed by atoms with Crippen LogP contribution in [-0.2, 0) is 18.4 Å². The molecule has 0 aliphatic carbocycles. The minimum Gasteiger partial charge on any atom is -0.382 e. The minimum atomic E-state index is -0.0888. The van der Waals surface area contributed by atoms with Crippen molar-refractivity contribution in [3.63, 3.8) is 0 Å². The molecule has 0 saturated carbocycles. The molecule has 1 aliphatic heterocycles. The second-order valence-corrected chi connectivity index (χ2v) is 5.66. The normalized spacial score (nSPS) is 20.5. The Balaban J connectivity index is 1.72. The highest BCUT2D eigenvalue weighted by atomic mass is 16.1. The number of aryl methyl sites for hydroxylation is 1. The second-order valence-electron chi connectivity index (χ2n) is 5.66. The highest BCUT2D eigenvalue weighted by Crippen LogP contribution is 2.34. The van der Waals surface area contributed by atoms with Gasteiger partial charge in [-0.15, -0.1) is 0 Å². The van der Waals surface area contributed by atoms with Crippen LogP contribution >= 0.6 is 0 Å². The Bertz CT molecular complexity index is 649. The topological polar surface area (TPSA) is 59.0 Å². The summed E-state index contributed by atoms with van der Waals surface area (Å²) in [5.74, 6) is -0.00576. The molecule has 2 heterocycles. The summed E-state index contributed by atoms with van der Waals surface area (Å²) >= 11 is 0. The van der Waals surface area contributed by atoms with Crippen LogP contribution in [-0.4, -0.2) is 21.7 Å². The number of nitrogens with zero attached hydrogens (tertiary/aromatic N) is 2. The molecule has 1 amide bonds. The van der Waals surface area contributed by atoms with E-state index in [4.69, 9.17) is 0 Å². The monoisotopic (exact) mass is 284 g/mol. The predicted molar refractivity (Wildman–Crippen MR) is 81.9 cm³/mol. The van der Waals surface area contributed by atoms with Crippen molar-refractivity contribution < 1.29 is 4.79 Å². The number of para-hydroxylation sites is 1. The summed E-state index contributed by atoms with van der Waals surface area (Å²) in [6.07, 6.45) is 4.51. The minimum absolute atomic E-state index is 0.0830. The lowest BCUT2D eigenvalue weighted by atomic mass is 9.87. The highest BCUT2D eigenvalue weighted by Gasteiger charge is 2.29. The van der Waals surface area contributed by atoms with Crippen molar-refractivity contribution in [2.24, 2.45) is 7.05 Å². The number of nitrogens with one attached hydrogen (secondary N) is 2. The zero-order valence-electron chi connectivity index (χ0n) is 12.3. The number of fused-ring (bicyclic) bond motifs is 1. The van der Waals surface area contributed by atoms with E-state index in [0.717, 1.165) is 23.2 Å². The molecule has 21 heavy (non-hydrogen) atoms. The van der Waals surface area contributed by atoms with Gasteiger partial charge < -0.3 is 10.6 Å². The molecular weight excluding hydrogens is 264 g/mol. The quantitative estimate of drug-likeness (QED) is 0.906. The molecule has 2 N–H and O–H groups in total. The van der Waals surface area contributed by atoms with Gasteiger partial charge in [-0.1, -0.05) is 18.2 Å². The first-order valence-electron chi connectivity index (χ1n) is 7.24. The van der Waals surface area contributed by atoms with Crippen LogP contribution in [0.25, 0.3) is 0 Å². The van der Waals surface area contributed by atoms with Crippen LogP contribution in [0.2, 0.25) is 0 Å². The number of aromatic nitrogens is 2. The SMILES string of the molecule is CC1CC(C(=O)NCc2cnn(C)c2)c2ccccc2N1. The van der Waals surface area contributed by atoms with Crippen LogP contribution < -0.4 is 10.6 Å². The van der Waals surface area contributed by atoms with Gasteiger partial charge in [0, 0.05) is 37.1 Å². The van der Waals surface area contributed by atoms with E-state index in [1.165, 1.54) is 0 Å². The number of amides is 1. The number of rotatable bonds is 3. The van der Waals surface area contributed by atoms with Crippen molar-refractivity contribution in [2.45, 2.75) is 31.8 Å². The van der Waals surface area contributed by atoms with Gasteiger partial charge in [0.1, 0.15) is 0 Å². The fraction of sp³-hybridized carbons (Fsp3) is 0.375. The van der Waals surface area contributed by atoms with Gasteiger partial charge in [-0.25, -0.2) is 0 Å². The smallest absolute Gasteiger partial charge is 0.227 e. The van der Waals surface area contributed by atoms with Gasteiger partial charge >= 0.3 is 0 Å². The molecule has 5 heteroatoms. The largest absolute Gasteiger partial charge is 0.382 e. The summed E-state index contributed by atoms with van der Waals surface area (Å²) in [5.41, 5.74) is 3.16. The molecule has 5 nitrogen and oxygen atoms in total. The first-order valence-corrected chi connectivity index (χ1v) is 7.24. The standard InChI is InChI=1S/C16H20N4O/c1-11-7-14(13-5-3-4-6-15(13)19-11)16(21)17-8-12-9-18-20(2)10-12/h3-6,9-11,14,19H,7-8H2,1-2H3,(H,17,21). The maximum atomic E-state index is 12.5. The zero-order valence-corrected chi connectivity index (χ0v) is 12.3. The Hall–Kier alpha value is -2.30. The van der Waals surface area contributed by atoms with Crippen molar-refractivity contribution in [2.75, 3.05) is 5.32 Å². The van der Waals surface area contributed by atoms with Crippen molar-refractivity contribution in [1.29, 1.82) is 0 Å². The Morgan fingerprint density at radius 1 is 1.48 bits per heavy atom. The average molecular weight is 284 g/mol. The third-order valence-corrected chi connectivity index (χ3v) is 3.87. The molecule has 2 aromatic rings. The fourth-order valence-corrected chi connectivity index (χ4v) is 2.86. The lowest BCUT2D eigenvalue weighted by Crippen LogP contribution is -2.35. The molecule has 0 spiro atoms. The second kappa shape index (κ2) is 5.60. The van der Waals surface area contributed by atoms with Crippen molar-refractivity contribution >= 4 is 11.6 Å². The molecule has 2 atom stereocenters. The molecule has 3 rings (SSSR count). The summed E-state index contributed by atoms with van der Waals surface area (Å²) in [4.78, 5) is 12.5. The first kappa shape index (κ1) is 13.7. The molecule has 1 aromatic carbocycles. The lowest BCUT2D eigenvalue weighted by molar-refractivity contribution is -0.123. The Labute approximate surface area is 124 Å². The van der Waals surface area contributed by atoms with Crippen LogP contribution in [0.3, 0.4) is 0 Å². The van der Waals surface area contributed by atoms with Crippen LogP contribution in [0.5, 0.6) is 0 Å². The van der Waals surface area contributed by atoms with E-state index in [-0.39, 0.29) is 11.8 Å². The first-order chi connectivity index (χ1) is 10.1. The molecule has 0 saturated heterocycles. The summed E-state index contributed by atoms with van der Waals surface area (Å²) in [6.45, 7) is 2.63. The average Bonchev–Trinajstić information content (AvgIpc) is 2.89. The number of carbonyl (C=O) groups is 1. The molecule has 2 unspecified atom stereocenters. The van der Waals surface area contributed by atoms with E-state index in [2.05, 4.69) is 22.7 Å². The Morgan fingerprint density at radius 3 is 3.05 bits per heavy atom. The van der Waals surface area contributed by atoms with E-state index < -0.39 is 0 Å². The van der Waals surface area contributed by atoms with Crippen molar-refractivity contribution in [3.8, 4) is 0 Å². The van der Waals surface area contributed by atoms with Crippen molar-refractivity contribution in [1.82, 2.24) is 15.1 Å². The lowest BCUT2D eigenvalue weighted by Gasteiger charge is -2.30. The molecule has 110 valence electrons. The number of hydrogen-bond acceptors (Lipinski definition) is 3. The molecule has 1 aromatic heterocycles. The van der Waals surface area contributed by atoms with E-state index in [1.807, 2.05) is 37.5 Å². The van der Waals surface area contributed by atoms with Gasteiger partial charge in [0.25, 0.3) is 0 Å². The van der Waals surface area contributed by atoms with Gasteiger partial charge in [-0.05, 0) is 25.0 Å². The van der Waals surface area contributed by atoms with Gasteiger partial charge in [0.15, 0.2) is 0 Å². The fourth-order valence-electron chi connectivity index (χ4n) is 2.86. The zero-order chi connectivity index (χ0) is 14.8. The Kier molecular flexibility index (Phi) is 3.64. The van der Waals surface area contributed by atoms with Crippen LogP contribution in [0, 0.1) is 0 Å². The molecule has 0 fully saturated rings. The van der Waals surface area contributed by atoms with Crippen molar-refractivity contribution in [3.05, 3.63) is 47.8 Å². The van der Waals surface area contributed by atoms with Gasteiger partial charge in [0.2, 0.25) is 5.91 Å². The number of carbonyl (C=O) groups excluding carboxylic acids is 1. The summed E-state index contributed by atoms with van der Waals surface area (Å²) in [7, 11) is 1.87. The Morgan fingerprint density at radius 2 is 2.29 bits per heavy atom. The maximum absolute atomic E-state index is 12.5. The number of benzene rings is 1. The van der Waals surface area contributed by atoms with E-state index >= 15 is 0 Å². The summed E-state index contributed by atoms with van der Waals surface area (Å²) in [5, 5.41) is 10.6. The molecular formula is C16H20N4O. The summed E-state index contributed by atoms with van der Waals surface area (Å²) in [6, 6.07) is 8.34. The highest BCUT2D eigenvalue weighted by molar-refractivity contribution is 5.86. The van der Waals surface area contributed by atoms with Crippen LogP contribution in [0.15, 0.2) is 36.7 Å². The van der Waals surface area contributed by atoms with Gasteiger partial charge in [-0.3, -0.25) is 9.48 Å². The van der Waals surface area contributed by atoms with Gasteiger partial charge in [-0.2, -0.15) is 5.10 Å². The van der Waals surface area contributed by atoms with E-state index in [9.17, 15) is 4.79 Å². The van der Waals surface area contributed by atoms with Gasteiger partial charge in [0.05, 0.1) is 12.1 Å². The van der Waals surface area contributed by atoms with E-state index in [1.54, 1.807) is 10.9 Å². The number of hydrogen-bond donors (Lipinski definition) is 2. The van der Waals surface area contributed by atoms with Crippen LogP contribution in [0.1, 0.15) is 30.4 Å².